The summed E-state index contributed by atoms with van der Waals surface area (Å²) in [6, 6.07) is 3.36. The normalized spacial score (nSPS) is 8.44. The van der Waals surface area contributed by atoms with Crippen molar-refractivity contribution in [2.75, 3.05) is 0 Å². The van der Waals surface area contributed by atoms with Gasteiger partial charge in [-0.05, 0) is 0 Å². The first-order chi connectivity index (χ1) is 3.85. The molecule has 1 N–H and O–H groups in total. The van der Waals surface area contributed by atoms with Crippen LogP contribution in [0.4, 0.5) is 0 Å². The maximum atomic E-state index is 8.12. The Balaban J connectivity index is 0. The molecule has 41 valence electrons. The van der Waals surface area contributed by atoms with Crippen LogP contribution in [-0.4, -0.2) is 56.5 Å². The van der Waals surface area contributed by atoms with Crippen LogP contribution >= 0.6 is 0 Å². The van der Waals surface area contributed by atoms with E-state index in [1.54, 1.807) is 12.1 Å². The molecular weight excluding hydrogens is 143 g/mol. The number of aliphatic hydroxyl groups excluding tert-OH is 1. The molecule has 0 rings (SSSR count). The number of aliphatic hydroxyl groups is 1. The monoisotopic (exact) mass is 147 g/mol. The van der Waals surface area contributed by atoms with Crippen LogP contribution in [0.3, 0.4) is 0 Å². The first-order valence-corrected chi connectivity index (χ1v) is 1.95. The van der Waals surface area contributed by atoms with E-state index in [0.29, 0.717) is 6.26 Å². The zero-order chi connectivity index (χ0) is 6.41. The van der Waals surface area contributed by atoms with Gasteiger partial charge in [0.2, 0.25) is 0 Å². The molecule has 0 bridgehead atoms. The summed E-state index contributed by atoms with van der Waals surface area (Å²) < 4.78 is 0. The predicted molar refractivity (Wildman–Crippen MR) is 32.3 cm³/mol. The van der Waals surface area contributed by atoms with Gasteiger partial charge in [0.1, 0.15) is 0 Å². The quantitative estimate of drug-likeness (QED) is 0.333. The molecule has 0 aliphatic carbocycles. The minimum absolute atomic E-state index is 0. The Labute approximate surface area is 96.0 Å². The summed E-state index contributed by atoms with van der Waals surface area (Å²) in [5.41, 5.74) is 0.0903. The largest absolute Gasteiger partial charge is 0.515 e. The molecule has 1 radical (unpaired) electrons. The number of allylic oxidation sites excluding steroid dienone is 1. The smallest absolute Gasteiger partial charge is 0.0990 e. The van der Waals surface area contributed by atoms with E-state index in [9.17, 15) is 0 Å². The zero-order valence-corrected chi connectivity index (χ0v) is 8.25. The second-order valence-electron chi connectivity index (χ2n) is 1.10. The average Bonchev–Trinajstić information content (AvgIpc) is 1.83. The maximum Gasteiger partial charge on any atom is 0.0990 e. The number of hydrogen-bond acceptors (Lipinski definition) is 3. The molecule has 0 aromatic carbocycles. The summed E-state index contributed by atoms with van der Waals surface area (Å²) in [7, 11) is 0. The molecule has 0 spiro atoms. The Morgan fingerprint density at radius 3 is 2.22 bits per heavy atom. The van der Waals surface area contributed by atoms with Gasteiger partial charge in [-0.15, -0.1) is 0 Å². The molecular formula is C5H4KN2O. The third kappa shape index (κ3) is 6.04. The summed E-state index contributed by atoms with van der Waals surface area (Å²) in [5, 5.41) is 24.1. The Bertz CT molecular complexity index is 174. The topological polar surface area (TPSA) is 67.8 Å². The second kappa shape index (κ2) is 8.16. The minimum Gasteiger partial charge on any atom is -0.515 e. The Morgan fingerprint density at radius 1 is 1.56 bits per heavy atom. The van der Waals surface area contributed by atoms with E-state index in [0.717, 1.165) is 0 Å². The van der Waals surface area contributed by atoms with Crippen molar-refractivity contribution in [2.45, 2.75) is 6.42 Å². The molecule has 0 amide bonds. The Hall–Kier alpha value is 0.156. The van der Waals surface area contributed by atoms with Gasteiger partial charge in [0, 0.05) is 51.4 Å². The van der Waals surface area contributed by atoms with E-state index < -0.39 is 0 Å². The van der Waals surface area contributed by atoms with Crippen molar-refractivity contribution in [3.63, 3.8) is 0 Å². The number of hydrogen-bond donors (Lipinski definition) is 1. The maximum absolute atomic E-state index is 8.12. The molecule has 0 heterocycles. The third-order valence-electron chi connectivity index (χ3n) is 0.569. The Morgan fingerprint density at radius 2 is 2.11 bits per heavy atom. The first-order valence-electron chi connectivity index (χ1n) is 1.95. The molecule has 0 aliphatic rings. The van der Waals surface area contributed by atoms with E-state index in [4.69, 9.17) is 15.6 Å². The van der Waals surface area contributed by atoms with Gasteiger partial charge in [-0.25, -0.2) is 0 Å². The summed E-state index contributed by atoms with van der Waals surface area (Å²) in [4.78, 5) is 0. The van der Waals surface area contributed by atoms with Crippen LogP contribution in [0.2, 0.25) is 0 Å². The van der Waals surface area contributed by atoms with Crippen molar-refractivity contribution in [3.05, 3.63) is 11.8 Å². The number of nitrogens with zero attached hydrogens (tertiary/aromatic N) is 2. The molecule has 0 saturated heterocycles. The van der Waals surface area contributed by atoms with Crippen LogP contribution < -0.4 is 0 Å². The van der Waals surface area contributed by atoms with Gasteiger partial charge >= 0.3 is 0 Å². The van der Waals surface area contributed by atoms with Crippen molar-refractivity contribution in [2.24, 2.45) is 0 Å². The zero-order valence-electron chi connectivity index (χ0n) is 5.13. The van der Waals surface area contributed by atoms with Gasteiger partial charge in [0.05, 0.1) is 30.4 Å². The Kier molecular flexibility index (Phi) is 10.8. The molecule has 0 aromatic rings. The van der Waals surface area contributed by atoms with Crippen LogP contribution in [0.1, 0.15) is 6.42 Å². The van der Waals surface area contributed by atoms with Crippen LogP contribution in [0.25, 0.3) is 0 Å². The molecule has 0 fully saturated rings. The van der Waals surface area contributed by atoms with Gasteiger partial charge in [0.15, 0.2) is 0 Å². The van der Waals surface area contributed by atoms with E-state index in [-0.39, 0.29) is 63.4 Å². The van der Waals surface area contributed by atoms with Crippen molar-refractivity contribution in [3.8, 4) is 12.1 Å². The van der Waals surface area contributed by atoms with Crippen molar-refractivity contribution in [1.29, 1.82) is 10.5 Å². The predicted octanol–water partition coefficient (Wildman–Crippen LogP) is 0.485. The molecule has 9 heavy (non-hydrogen) atoms. The third-order valence-corrected chi connectivity index (χ3v) is 0.569. The van der Waals surface area contributed by atoms with Crippen molar-refractivity contribution < 1.29 is 5.11 Å². The van der Waals surface area contributed by atoms with Gasteiger partial charge in [-0.1, -0.05) is 0 Å². The molecule has 0 saturated carbocycles. The van der Waals surface area contributed by atoms with Crippen molar-refractivity contribution >= 4 is 51.4 Å². The fraction of sp³-hybridized carbons (Fsp3) is 0.200. The van der Waals surface area contributed by atoms with Crippen molar-refractivity contribution in [1.82, 2.24) is 0 Å². The average molecular weight is 147 g/mol. The van der Waals surface area contributed by atoms with Crippen LogP contribution in [-0.2, 0) is 0 Å². The second-order valence-corrected chi connectivity index (χ2v) is 1.10. The molecule has 3 nitrogen and oxygen atoms in total. The van der Waals surface area contributed by atoms with Gasteiger partial charge in [0.25, 0.3) is 0 Å². The number of rotatable bonds is 1. The van der Waals surface area contributed by atoms with Gasteiger partial charge < -0.3 is 5.11 Å². The molecule has 0 aliphatic heterocycles. The fourth-order valence-corrected chi connectivity index (χ4v) is 0.199. The molecule has 0 atom stereocenters. The van der Waals surface area contributed by atoms with Crippen LogP contribution in [0.5, 0.6) is 0 Å². The van der Waals surface area contributed by atoms with E-state index in [1.165, 1.54) is 0 Å². The summed E-state index contributed by atoms with van der Waals surface area (Å²) in [6.07, 6.45) is 0.621. The van der Waals surface area contributed by atoms with E-state index in [2.05, 4.69) is 0 Å². The molecule has 4 heteroatoms. The molecule has 0 unspecified atom stereocenters. The molecule has 0 aromatic heterocycles. The van der Waals surface area contributed by atoms with Crippen LogP contribution in [0, 0.1) is 22.7 Å². The fourth-order valence-electron chi connectivity index (χ4n) is 0.199. The summed E-state index contributed by atoms with van der Waals surface area (Å²) >= 11 is 0. The van der Waals surface area contributed by atoms with Gasteiger partial charge in [-0.3, -0.25) is 0 Å². The van der Waals surface area contributed by atoms with E-state index in [1.807, 2.05) is 0 Å². The van der Waals surface area contributed by atoms with Crippen LogP contribution in [0.15, 0.2) is 11.8 Å². The first kappa shape index (κ1) is 11.9. The van der Waals surface area contributed by atoms with Gasteiger partial charge in [-0.2, -0.15) is 10.5 Å². The summed E-state index contributed by atoms with van der Waals surface area (Å²) in [6.45, 7) is 0. The summed E-state index contributed by atoms with van der Waals surface area (Å²) in [5.74, 6) is 0. The van der Waals surface area contributed by atoms with E-state index >= 15 is 0 Å². The standard InChI is InChI=1S/C5H4N2O.K/c6-2-1-5(3-7)4-8;/h4,8H,1H2;. The minimum atomic E-state index is -0.0208. The number of nitriles is 2. The SMILES string of the molecule is N#CCC(C#N)=CO.[K].